The highest BCUT2D eigenvalue weighted by atomic mass is 32.2. The zero-order valence-corrected chi connectivity index (χ0v) is 20.1. The fourth-order valence-electron chi connectivity index (χ4n) is 3.52. The van der Waals surface area contributed by atoms with Crippen LogP contribution in [0.15, 0.2) is 95.6 Å². The number of nitrogens with one attached hydrogen (secondary N) is 1. The summed E-state index contributed by atoms with van der Waals surface area (Å²) in [7, 11) is -4.14. The monoisotopic (exact) mass is 512 g/mol. The molecule has 1 N–H and O–H groups in total. The van der Waals surface area contributed by atoms with Gasteiger partial charge < -0.3 is 4.74 Å². The van der Waals surface area contributed by atoms with Gasteiger partial charge in [-0.15, -0.1) is 10.2 Å². The van der Waals surface area contributed by atoms with Crippen LogP contribution in [0.5, 0.6) is 11.5 Å². The van der Waals surface area contributed by atoms with Gasteiger partial charge in [-0.05, 0) is 41.5 Å². The molecule has 2 heterocycles. The summed E-state index contributed by atoms with van der Waals surface area (Å²) in [4.78, 5) is -0.206. The Morgan fingerprint density at radius 1 is 0.889 bits per heavy atom. The van der Waals surface area contributed by atoms with Crippen LogP contribution in [-0.4, -0.2) is 28.8 Å². The van der Waals surface area contributed by atoms with Crippen LogP contribution >= 0.6 is 11.3 Å². The van der Waals surface area contributed by atoms with Gasteiger partial charge in [0.1, 0.15) is 22.2 Å². The van der Waals surface area contributed by atoms with Gasteiger partial charge in [0.2, 0.25) is 5.13 Å². The second kappa shape index (κ2) is 9.91. The van der Waals surface area contributed by atoms with E-state index in [1.54, 1.807) is 24.5 Å². The molecule has 9 nitrogen and oxygen atoms in total. The summed E-state index contributed by atoms with van der Waals surface area (Å²) in [5.74, 6) is 0.241. The molecule has 0 aliphatic carbocycles. The molecule has 0 saturated carbocycles. The number of sulfonamides is 1. The summed E-state index contributed by atoms with van der Waals surface area (Å²) in [5.41, 5.74) is 4.75. The van der Waals surface area contributed by atoms with Gasteiger partial charge in [0, 0.05) is 11.1 Å². The molecule has 0 bridgehead atoms. The third kappa shape index (κ3) is 4.76. The lowest BCUT2D eigenvalue weighted by Gasteiger charge is -2.17. The van der Waals surface area contributed by atoms with Gasteiger partial charge in [-0.2, -0.15) is 15.5 Å². The van der Waals surface area contributed by atoms with Crippen molar-refractivity contribution in [1.29, 1.82) is 5.26 Å². The molecule has 0 radical (unpaired) electrons. The first-order chi connectivity index (χ1) is 17.5. The largest absolute Gasteiger partial charge is 0.454 e. The number of hydrogen-bond acceptors (Lipinski definition) is 9. The summed E-state index contributed by atoms with van der Waals surface area (Å²) < 4.78 is 35.0. The fourth-order valence-corrected chi connectivity index (χ4v) is 5.37. The van der Waals surface area contributed by atoms with Crippen molar-refractivity contribution in [1.82, 2.24) is 20.4 Å². The predicted octanol–water partition coefficient (Wildman–Crippen LogP) is 5.13. The molecule has 0 aliphatic rings. The maximum absolute atomic E-state index is 13.2. The average molecular weight is 513 g/mol. The highest BCUT2D eigenvalue weighted by molar-refractivity contribution is 7.93. The predicted molar refractivity (Wildman–Crippen MR) is 135 cm³/mol. The first kappa shape index (κ1) is 23.1. The van der Waals surface area contributed by atoms with E-state index >= 15 is 0 Å². The molecule has 0 saturated heterocycles. The molecule has 0 atom stereocenters. The number of ether oxygens (including phenoxy) is 1. The van der Waals surface area contributed by atoms with Crippen LogP contribution in [0.4, 0.5) is 5.13 Å². The third-order valence-electron chi connectivity index (χ3n) is 5.16. The molecular weight excluding hydrogens is 496 g/mol. The Bertz CT molecular complexity index is 1650. The summed E-state index contributed by atoms with van der Waals surface area (Å²) in [6.07, 6.45) is 3.14. The molecular formula is C25H16N6O3S2. The Hall–Kier alpha value is -4.66. The molecule has 3 aromatic carbocycles. The first-order valence-corrected chi connectivity index (χ1v) is 12.9. The Morgan fingerprint density at radius 3 is 2.47 bits per heavy atom. The van der Waals surface area contributed by atoms with Crippen LogP contribution in [0, 0.1) is 11.3 Å². The summed E-state index contributed by atoms with van der Waals surface area (Å²) in [6, 6.07) is 23.4. The summed E-state index contributed by atoms with van der Waals surface area (Å²) in [5, 5.41) is 25.0. The molecule has 176 valence electrons. The van der Waals surface area contributed by atoms with Crippen LogP contribution in [0.25, 0.3) is 22.3 Å². The van der Waals surface area contributed by atoms with Gasteiger partial charge in [-0.25, -0.2) is 8.42 Å². The molecule has 0 fully saturated rings. The molecule has 0 unspecified atom stereocenters. The number of aromatic nitrogens is 4. The van der Waals surface area contributed by atoms with Gasteiger partial charge in [-0.1, -0.05) is 53.8 Å². The van der Waals surface area contributed by atoms with Crippen LogP contribution < -0.4 is 9.46 Å². The Morgan fingerprint density at radius 2 is 1.75 bits per heavy atom. The number of nitriles is 1. The SMILES string of the molecule is N#Cc1cccc(S(=O)(=O)Nc2nncs2)c1Oc1ccc(-c2ccccc2)cc1-c1ccnnc1. The highest BCUT2D eigenvalue weighted by Gasteiger charge is 2.25. The molecule has 0 spiro atoms. The topological polar surface area (TPSA) is 131 Å². The second-order valence-corrected chi connectivity index (χ2v) is 9.89. The van der Waals surface area contributed by atoms with E-state index in [-0.39, 0.29) is 21.3 Å². The van der Waals surface area contributed by atoms with E-state index in [9.17, 15) is 13.7 Å². The lowest BCUT2D eigenvalue weighted by Crippen LogP contribution is -2.14. The highest BCUT2D eigenvalue weighted by Crippen LogP contribution is 2.40. The van der Waals surface area contributed by atoms with Crippen molar-refractivity contribution in [2.45, 2.75) is 4.90 Å². The van der Waals surface area contributed by atoms with Crippen molar-refractivity contribution >= 4 is 26.5 Å². The molecule has 36 heavy (non-hydrogen) atoms. The normalized spacial score (nSPS) is 11.0. The van der Waals surface area contributed by atoms with Crippen LogP contribution in [0.3, 0.4) is 0 Å². The lowest BCUT2D eigenvalue weighted by atomic mass is 9.99. The van der Waals surface area contributed by atoms with Crippen molar-refractivity contribution in [3.05, 3.63) is 96.3 Å². The van der Waals surface area contributed by atoms with E-state index in [0.29, 0.717) is 16.9 Å². The maximum Gasteiger partial charge on any atom is 0.267 e. The zero-order valence-electron chi connectivity index (χ0n) is 18.4. The van der Waals surface area contributed by atoms with Crippen molar-refractivity contribution in [3.8, 4) is 39.8 Å². The van der Waals surface area contributed by atoms with Gasteiger partial charge in [-0.3, -0.25) is 4.72 Å². The van der Waals surface area contributed by atoms with Crippen molar-refractivity contribution in [2.75, 3.05) is 4.72 Å². The van der Waals surface area contributed by atoms with Crippen LogP contribution in [0.1, 0.15) is 5.56 Å². The van der Waals surface area contributed by atoms with Gasteiger partial charge >= 0.3 is 0 Å². The maximum atomic E-state index is 13.2. The van der Waals surface area contributed by atoms with E-state index in [1.165, 1.54) is 23.7 Å². The van der Waals surface area contributed by atoms with Gasteiger partial charge in [0.05, 0.1) is 18.0 Å². The number of rotatable bonds is 7. The van der Waals surface area contributed by atoms with E-state index in [0.717, 1.165) is 22.5 Å². The number of benzene rings is 3. The molecule has 11 heteroatoms. The Kier molecular flexibility index (Phi) is 6.36. The summed E-state index contributed by atoms with van der Waals surface area (Å²) >= 11 is 1.03. The smallest absolute Gasteiger partial charge is 0.267 e. The number of hydrogen-bond donors (Lipinski definition) is 1. The second-order valence-electron chi connectivity index (χ2n) is 7.40. The first-order valence-electron chi connectivity index (χ1n) is 10.5. The molecule has 5 aromatic rings. The number of nitrogens with zero attached hydrogens (tertiary/aromatic N) is 5. The van der Waals surface area contributed by atoms with E-state index in [1.807, 2.05) is 48.5 Å². The van der Waals surface area contributed by atoms with Crippen molar-refractivity contribution in [3.63, 3.8) is 0 Å². The van der Waals surface area contributed by atoms with Crippen molar-refractivity contribution < 1.29 is 13.2 Å². The quantitative estimate of drug-likeness (QED) is 0.318. The third-order valence-corrected chi connectivity index (χ3v) is 7.26. The lowest BCUT2D eigenvalue weighted by molar-refractivity contribution is 0.468. The summed E-state index contributed by atoms with van der Waals surface area (Å²) in [6.45, 7) is 0. The minimum absolute atomic E-state index is 0.0566. The number of anilines is 1. The van der Waals surface area contributed by atoms with Crippen LogP contribution in [-0.2, 0) is 10.0 Å². The standard InChI is InChI=1S/C25H16N6O3S2/c26-14-19-7-4-8-23(36(32,33)31-25-30-29-16-35-25)24(19)34-22-10-9-18(17-5-2-1-3-6-17)13-21(22)20-11-12-27-28-15-20/h1-13,15-16H,(H,30,31). The molecule has 2 aromatic heterocycles. The molecule has 0 amide bonds. The Labute approximate surface area is 210 Å². The van der Waals surface area contributed by atoms with E-state index < -0.39 is 10.0 Å². The van der Waals surface area contributed by atoms with E-state index in [4.69, 9.17) is 4.74 Å². The fraction of sp³-hybridized carbons (Fsp3) is 0. The Balaban J connectivity index is 1.63. The minimum Gasteiger partial charge on any atom is -0.454 e. The van der Waals surface area contributed by atoms with E-state index in [2.05, 4.69) is 25.1 Å². The zero-order chi connectivity index (χ0) is 25.0. The average Bonchev–Trinajstić information content (AvgIpc) is 3.42. The van der Waals surface area contributed by atoms with Crippen molar-refractivity contribution in [2.24, 2.45) is 0 Å². The molecule has 0 aliphatic heterocycles. The van der Waals surface area contributed by atoms with Gasteiger partial charge in [0.25, 0.3) is 10.0 Å². The number of para-hydroxylation sites is 1. The minimum atomic E-state index is -4.14. The molecule has 5 rings (SSSR count). The van der Waals surface area contributed by atoms with Gasteiger partial charge in [0.15, 0.2) is 5.75 Å². The van der Waals surface area contributed by atoms with Crippen LogP contribution in [0.2, 0.25) is 0 Å².